The molecule has 0 radical (unpaired) electrons. The first-order valence-electron chi connectivity index (χ1n) is 11.0. The fourth-order valence-corrected chi connectivity index (χ4v) is 2.90. The van der Waals surface area contributed by atoms with Crippen LogP contribution in [0.25, 0.3) is 0 Å². The van der Waals surface area contributed by atoms with E-state index in [1.54, 1.807) is 24.3 Å². The third kappa shape index (κ3) is 10.5. The Morgan fingerprint density at radius 1 is 0.821 bits per heavy atom. The number of benzene rings is 1. The van der Waals surface area contributed by atoms with Crippen molar-refractivity contribution in [3.05, 3.63) is 35.4 Å². The molecule has 0 saturated heterocycles. The van der Waals surface area contributed by atoms with E-state index < -0.39 is 0 Å². The third-order valence-electron chi connectivity index (χ3n) is 5.11. The lowest BCUT2D eigenvalue weighted by Gasteiger charge is -2.10. The van der Waals surface area contributed by atoms with Gasteiger partial charge in [-0.1, -0.05) is 78.2 Å². The molecule has 0 aromatic heterocycles. The Morgan fingerprint density at radius 3 is 1.93 bits per heavy atom. The molecule has 1 rings (SSSR count). The van der Waals surface area contributed by atoms with Crippen molar-refractivity contribution in [1.82, 2.24) is 0 Å². The number of rotatable bonds is 15. The summed E-state index contributed by atoms with van der Waals surface area (Å²) in [5.41, 5.74) is 0.793. The van der Waals surface area contributed by atoms with Crippen LogP contribution in [0.2, 0.25) is 0 Å². The Hall–Kier alpha value is -1.84. The average molecular weight is 391 g/mol. The van der Waals surface area contributed by atoms with E-state index in [1.807, 2.05) is 0 Å². The molecule has 0 aliphatic rings. The summed E-state index contributed by atoms with van der Waals surface area (Å²) >= 11 is 0. The Morgan fingerprint density at radius 2 is 1.36 bits per heavy atom. The molecule has 1 unspecified atom stereocenters. The van der Waals surface area contributed by atoms with E-state index >= 15 is 0 Å². The predicted octanol–water partition coefficient (Wildman–Crippen LogP) is 6.58. The van der Waals surface area contributed by atoms with Crippen LogP contribution in [0.5, 0.6) is 0 Å². The monoisotopic (exact) mass is 390 g/mol. The van der Waals surface area contributed by atoms with Gasteiger partial charge in [0.15, 0.2) is 0 Å². The van der Waals surface area contributed by atoms with Crippen molar-refractivity contribution in [1.29, 1.82) is 0 Å². The first-order valence-corrected chi connectivity index (χ1v) is 11.0. The van der Waals surface area contributed by atoms with Crippen molar-refractivity contribution in [2.45, 2.75) is 85.0 Å². The zero-order chi connectivity index (χ0) is 20.6. The number of carbonyl (C=O) groups is 2. The molecule has 0 spiro atoms. The maximum atomic E-state index is 12.2. The molecule has 0 heterocycles. The molecule has 0 amide bonds. The van der Waals surface area contributed by atoms with Crippen LogP contribution in [0.3, 0.4) is 0 Å². The Kier molecular flexibility index (Phi) is 13.1. The van der Waals surface area contributed by atoms with Crippen LogP contribution in [-0.4, -0.2) is 25.2 Å². The van der Waals surface area contributed by atoms with Gasteiger partial charge in [-0.3, -0.25) is 0 Å². The van der Waals surface area contributed by atoms with Gasteiger partial charge in [0.05, 0.1) is 24.3 Å². The van der Waals surface area contributed by atoms with Gasteiger partial charge < -0.3 is 9.47 Å². The number of hydrogen-bond donors (Lipinski definition) is 0. The lowest BCUT2D eigenvalue weighted by atomic mass is 10.1. The summed E-state index contributed by atoms with van der Waals surface area (Å²) < 4.78 is 10.6. The summed E-state index contributed by atoms with van der Waals surface area (Å²) in [6, 6.07) is 6.59. The number of unbranched alkanes of at least 4 members (excludes halogenated alkanes) is 7. The highest BCUT2D eigenvalue weighted by molar-refractivity contribution is 5.95. The normalized spacial score (nSPS) is 11.8. The minimum atomic E-state index is -0.388. The van der Waals surface area contributed by atoms with Gasteiger partial charge in [-0.2, -0.15) is 0 Å². The van der Waals surface area contributed by atoms with Gasteiger partial charge in [-0.25, -0.2) is 9.59 Å². The topological polar surface area (TPSA) is 52.6 Å². The Labute approximate surface area is 171 Å². The number of esters is 2. The molecule has 1 atom stereocenters. The van der Waals surface area contributed by atoms with Gasteiger partial charge >= 0.3 is 11.9 Å². The molecule has 0 saturated carbocycles. The van der Waals surface area contributed by atoms with Crippen molar-refractivity contribution in [3.8, 4) is 0 Å². The van der Waals surface area contributed by atoms with E-state index in [1.165, 1.54) is 38.5 Å². The minimum absolute atomic E-state index is 0.378. The summed E-state index contributed by atoms with van der Waals surface area (Å²) in [6.45, 7) is 7.31. The molecule has 1 aromatic carbocycles. The third-order valence-corrected chi connectivity index (χ3v) is 5.11. The first kappa shape index (κ1) is 24.2. The van der Waals surface area contributed by atoms with Crippen molar-refractivity contribution in [3.63, 3.8) is 0 Å². The second-order valence-corrected chi connectivity index (χ2v) is 7.63. The van der Waals surface area contributed by atoms with E-state index in [0.29, 0.717) is 30.3 Å². The van der Waals surface area contributed by atoms with Crippen molar-refractivity contribution in [2.24, 2.45) is 5.92 Å². The van der Waals surface area contributed by atoms with Gasteiger partial charge in [0.2, 0.25) is 0 Å². The largest absolute Gasteiger partial charge is 0.462 e. The van der Waals surface area contributed by atoms with Gasteiger partial charge in [-0.15, -0.1) is 0 Å². The van der Waals surface area contributed by atoms with Crippen LogP contribution in [0.4, 0.5) is 0 Å². The highest BCUT2D eigenvalue weighted by Gasteiger charge is 2.13. The van der Waals surface area contributed by atoms with Crippen LogP contribution in [0.1, 0.15) is 106 Å². The zero-order valence-corrected chi connectivity index (χ0v) is 18.0. The Bertz CT molecular complexity index is 567. The van der Waals surface area contributed by atoms with Crippen LogP contribution < -0.4 is 0 Å². The van der Waals surface area contributed by atoms with Gasteiger partial charge in [0.25, 0.3) is 0 Å². The predicted molar refractivity (Wildman–Crippen MR) is 114 cm³/mol. The number of carbonyl (C=O) groups excluding carboxylic acids is 2. The maximum absolute atomic E-state index is 12.2. The highest BCUT2D eigenvalue weighted by atomic mass is 16.5. The van der Waals surface area contributed by atoms with Gasteiger partial charge in [0, 0.05) is 0 Å². The number of ether oxygens (including phenoxy) is 2. The molecule has 0 bridgehead atoms. The van der Waals surface area contributed by atoms with E-state index in [-0.39, 0.29) is 11.9 Å². The van der Waals surface area contributed by atoms with Crippen LogP contribution in [0, 0.1) is 5.92 Å². The summed E-state index contributed by atoms with van der Waals surface area (Å²) in [7, 11) is 0. The molecule has 4 heteroatoms. The molecule has 0 aliphatic carbocycles. The van der Waals surface area contributed by atoms with Crippen molar-refractivity contribution in [2.75, 3.05) is 13.2 Å². The molecule has 158 valence electrons. The van der Waals surface area contributed by atoms with Crippen molar-refractivity contribution >= 4 is 11.9 Å². The standard InChI is InChI=1S/C24H38O4/c1-4-6-7-8-9-10-11-12-17-27-23(25)21-14-13-15-22(19-21)24(26)28-18-16-20(3)5-2/h13-15,19-20H,4-12,16-18H2,1-3H3. The molecular weight excluding hydrogens is 352 g/mol. The van der Waals surface area contributed by atoms with Crippen LogP contribution in [-0.2, 0) is 9.47 Å². The fourth-order valence-electron chi connectivity index (χ4n) is 2.90. The molecular formula is C24H38O4. The summed E-state index contributed by atoms with van der Waals surface area (Å²) in [4.78, 5) is 24.3. The number of hydrogen-bond acceptors (Lipinski definition) is 4. The molecule has 1 aromatic rings. The molecule has 0 aliphatic heterocycles. The van der Waals surface area contributed by atoms with Crippen LogP contribution in [0.15, 0.2) is 24.3 Å². The van der Waals surface area contributed by atoms with Gasteiger partial charge in [-0.05, 0) is 37.0 Å². The van der Waals surface area contributed by atoms with E-state index in [2.05, 4.69) is 20.8 Å². The SMILES string of the molecule is CCCCCCCCCCOC(=O)c1cccc(C(=O)OCCC(C)CC)c1. The summed E-state index contributed by atoms with van der Waals surface area (Å²) in [5.74, 6) is -0.233. The lowest BCUT2D eigenvalue weighted by molar-refractivity contribution is 0.0484. The first-order chi connectivity index (χ1) is 13.6. The van der Waals surface area contributed by atoms with Crippen molar-refractivity contribution < 1.29 is 19.1 Å². The second-order valence-electron chi connectivity index (χ2n) is 7.63. The zero-order valence-electron chi connectivity index (χ0n) is 18.0. The minimum Gasteiger partial charge on any atom is -0.462 e. The average Bonchev–Trinajstić information content (AvgIpc) is 2.72. The van der Waals surface area contributed by atoms with Gasteiger partial charge in [0.1, 0.15) is 0 Å². The fraction of sp³-hybridized carbons (Fsp3) is 0.667. The molecule has 4 nitrogen and oxygen atoms in total. The molecule has 0 fully saturated rings. The second kappa shape index (κ2) is 15.1. The summed E-state index contributed by atoms with van der Waals surface area (Å²) in [6.07, 6.45) is 11.6. The Balaban J connectivity index is 2.28. The smallest absolute Gasteiger partial charge is 0.338 e. The van der Waals surface area contributed by atoms with E-state index in [0.717, 1.165) is 25.7 Å². The molecule has 0 N–H and O–H groups in total. The highest BCUT2D eigenvalue weighted by Crippen LogP contribution is 2.12. The van der Waals surface area contributed by atoms with E-state index in [4.69, 9.17) is 9.47 Å². The van der Waals surface area contributed by atoms with Crippen LogP contribution >= 0.6 is 0 Å². The van der Waals surface area contributed by atoms with E-state index in [9.17, 15) is 9.59 Å². The lowest BCUT2D eigenvalue weighted by Crippen LogP contribution is -2.11. The molecule has 28 heavy (non-hydrogen) atoms. The quantitative estimate of drug-likeness (QED) is 0.251. The maximum Gasteiger partial charge on any atom is 0.338 e. The summed E-state index contributed by atoms with van der Waals surface area (Å²) in [5, 5.41) is 0.